The van der Waals surface area contributed by atoms with E-state index in [4.69, 9.17) is 0 Å². The molecular formula is C16H15NO. The van der Waals surface area contributed by atoms with Crippen LogP contribution in [0.5, 0.6) is 0 Å². The molecule has 0 aromatic heterocycles. The van der Waals surface area contributed by atoms with Crippen molar-refractivity contribution in [1.82, 2.24) is 0 Å². The highest BCUT2D eigenvalue weighted by atomic mass is 16.1. The second kappa shape index (κ2) is 5.82. The molecule has 1 N–H and O–H groups in total. The van der Waals surface area contributed by atoms with Crippen LogP contribution in [0.3, 0.4) is 0 Å². The van der Waals surface area contributed by atoms with Gasteiger partial charge in [0.25, 0.3) is 0 Å². The largest absolute Gasteiger partial charge is 0.323 e. The Morgan fingerprint density at radius 1 is 1.06 bits per heavy atom. The molecule has 2 nitrogen and oxygen atoms in total. The van der Waals surface area contributed by atoms with Crippen LogP contribution in [-0.4, -0.2) is 5.91 Å². The molecule has 0 fully saturated rings. The summed E-state index contributed by atoms with van der Waals surface area (Å²) in [7, 11) is 0. The highest BCUT2D eigenvalue weighted by Gasteiger charge is 1.96. The molecule has 0 bridgehead atoms. The number of hydrogen-bond acceptors (Lipinski definition) is 1. The van der Waals surface area contributed by atoms with Gasteiger partial charge in [-0.15, -0.1) is 0 Å². The third-order valence-corrected chi connectivity index (χ3v) is 2.51. The third kappa shape index (κ3) is 3.59. The second-order valence-electron chi connectivity index (χ2n) is 4.10. The maximum absolute atomic E-state index is 11.7. The molecule has 1 amide bonds. The van der Waals surface area contributed by atoms with Crippen molar-refractivity contribution in [3.8, 4) is 0 Å². The van der Waals surface area contributed by atoms with Crippen molar-refractivity contribution in [3.05, 3.63) is 71.8 Å². The number of aryl methyl sites for hydroxylation is 1. The van der Waals surface area contributed by atoms with Gasteiger partial charge in [-0.3, -0.25) is 4.79 Å². The van der Waals surface area contributed by atoms with Gasteiger partial charge in [0.05, 0.1) is 0 Å². The number of nitrogens with one attached hydrogen (secondary N) is 1. The normalized spacial score (nSPS) is 10.5. The molecule has 0 heterocycles. The van der Waals surface area contributed by atoms with Gasteiger partial charge < -0.3 is 5.32 Å². The predicted molar refractivity (Wildman–Crippen MR) is 75.3 cm³/mol. The van der Waals surface area contributed by atoms with Gasteiger partial charge in [-0.25, -0.2) is 0 Å². The number of hydrogen-bond donors (Lipinski definition) is 1. The highest BCUT2D eigenvalue weighted by Crippen LogP contribution is 2.07. The molecule has 0 saturated carbocycles. The Labute approximate surface area is 107 Å². The average Bonchev–Trinajstić information content (AvgIpc) is 2.38. The molecule has 18 heavy (non-hydrogen) atoms. The fourth-order valence-corrected chi connectivity index (χ4v) is 1.65. The van der Waals surface area contributed by atoms with Crippen LogP contribution in [0.1, 0.15) is 11.1 Å². The summed E-state index contributed by atoms with van der Waals surface area (Å²) in [5.74, 6) is -0.122. The lowest BCUT2D eigenvalue weighted by Gasteiger charge is -2.00. The molecule has 2 rings (SSSR count). The van der Waals surface area contributed by atoms with Gasteiger partial charge in [0.1, 0.15) is 0 Å². The summed E-state index contributed by atoms with van der Waals surface area (Å²) in [5, 5.41) is 2.80. The summed E-state index contributed by atoms with van der Waals surface area (Å²) in [6.07, 6.45) is 3.35. The first-order valence-corrected chi connectivity index (χ1v) is 5.85. The van der Waals surface area contributed by atoms with Gasteiger partial charge in [-0.2, -0.15) is 0 Å². The number of anilines is 1. The van der Waals surface area contributed by atoms with E-state index in [1.165, 1.54) is 5.56 Å². The third-order valence-electron chi connectivity index (χ3n) is 2.51. The maximum Gasteiger partial charge on any atom is 0.248 e. The van der Waals surface area contributed by atoms with Crippen molar-refractivity contribution in [1.29, 1.82) is 0 Å². The van der Waals surface area contributed by atoms with Gasteiger partial charge >= 0.3 is 0 Å². The smallest absolute Gasteiger partial charge is 0.248 e. The van der Waals surface area contributed by atoms with E-state index >= 15 is 0 Å². The van der Waals surface area contributed by atoms with Crippen LogP contribution in [0, 0.1) is 6.92 Å². The molecule has 2 aromatic rings. The zero-order valence-corrected chi connectivity index (χ0v) is 10.3. The Morgan fingerprint density at radius 3 is 2.56 bits per heavy atom. The molecule has 0 aliphatic heterocycles. The molecule has 0 atom stereocenters. The lowest BCUT2D eigenvalue weighted by molar-refractivity contribution is -0.111. The molecular weight excluding hydrogens is 222 g/mol. The summed E-state index contributed by atoms with van der Waals surface area (Å²) in [6, 6.07) is 17.4. The monoisotopic (exact) mass is 237 g/mol. The van der Waals surface area contributed by atoms with Crippen molar-refractivity contribution >= 4 is 17.7 Å². The quantitative estimate of drug-likeness (QED) is 0.811. The molecule has 0 radical (unpaired) electrons. The fourth-order valence-electron chi connectivity index (χ4n) is 1.65. The number of rotatable bonds is 3. The van der Waals surface area contributed by atoms with E-state index in [1.807, 2.05) is 67.6 Å². The summed E-state index contributed by atoms with van der Waals surface area (Å²) in [6.45, 7) is 2.03. The highest BCUT2D eigenvalue weighted by molar-refractivity contribution is 6.01. The van der Waals surface area contributed by atoms with E-state index in [2.05, 4.69) is 5.32 Å². The van der Waals surface area contributed by atoms with Crippen LogP contribution < -0.4 is 5.32 Å². The number of carbonyl (C=O) groups is 1. The Hall–Kier alpha value is -2.35. The zero-order chi connectivity index (χ0) is 12.8. The minimum absolute atomic E-state index is 0.122. The number of para-hydroxylation sites is 1. The minimum atomic E-state index is -0.122. The van der Waals surface area contributed by atoms with E-state index < -0.39 is 0 Å². The standard InChI is InChI=1S/C16H15NO/c1-13-6-5-7-14(12-13)10-11-16(18)17-15-8-3-2-4-9-15/h2-12H,1H3,(H,17,18). The van der Waals surface area contributed by atoms with Crippen LogP contribution in [0.2, 0.25) is 0 Å². The number of amides is 1. The van der Waals surface area contributed by atoms with Crippen LogP contribution in [0.25, 0.3) is 6.08 Å². The van der Waals surface area contributed by atoms with Gasteiger partial charge in [0.15, 0.2) is 0 Å². The van der Waals surface area contributed by atoms with Gasteiger partial charge in [0, 0.05) is 11.8 Å². The van der Waals surface area contributed by atoms with E-state index in [0.29, 0.717) is 0 Å². The summed E-state index contributed by atoms with van der Waals surface area (Å²) in [5.41, 5.74) is 3.01. The average molecular weight is 237 g/mol. The minimum Gasteiger partial charge on any atom is -0.323 e. The summed E-state index contributed by atoms with van der Waals surface area (Å²) < 4.78 is 0. The zero-order valence-electron chi connectivity index (χ0n) is 10.3. The lowest BCUT2D eigenvalue weighted by Crippen LogP contribution is -2.07. The number of benzene rings is 2. The van der Waals surface area contributed by atoms with Crippen molar-refractivity contribution in [3.63, 3.8) is 0 Å². The van der Waals surface area contributed by atoms with Crippen molar-refractivity contribution < 1.29 is 4.79 Å². The Kier molecular flexibility index (Phi) is 3.92. The molecule has 2 aromatic carbocycles. The first-order chi connectivity index (χ1) is 8.74. The fraction of sp³-hybridized carbons (Fsp3) is 0.0625. The van der Waals surface area contributed by atoms with Crippen molar-refractivity contribution in [2.24, 2.45) is 0 Å². The molecule has 0 aliphatic rings. The molecule has 0 spiro atoms. The van der Waals surface area contributed by atoms with Crippen LogP contribution in [-0.2, 0) is 4.79 Å². The Balaban J connectivity index is 1.99. The molecule has 0 saturated heterocycles. The molecule has 0 aliphatic carbocycles. The second-order valence-corrected chi connectivity index (χ2v) is 4.10. The van der Waals surface area contributed by atoms with Crippen LogP contribution in [0.15, 0.2) is 60.7 Å². The van der Waals surface area contributed by atoms with Crippen molar-refractivity contribution in [2.45, 2.75) is 6.92 Å². The van der Waals surface area contributed by atoms with Gasteiger partial charge in [0.2, 0.25) is 5.91 Å². The molecule has 90 valence electrons. The lowest BCUT2D eigenvalue weighted by atomic mass is 10.1. The van der Waals surface area contributed by atoms with E-state index in [-0.39, 0.29) is 5.91 Å². The van der Waals surface area contributed by atoms with Gasteiger partial charge in [-0.1, -0.05) is 48.0 Å². The summed E-state index contributed by atoms with van der Waals surface area (Å²) >= 11 is 0. The summed E-state index contributed by atoms with van der Waals surface area (Å²) in [4.78, 5) is 11.7. The van der Waals surface area contributed by atoms with Crippen LogP contribution >= 0.6 is 0 Å². The predicted octanol–water partition coefficient (Wildman–Crippen LogP) is 3.65. The first-order valence-electron chi connectivity index (χ1n) is 5.85. The maximum atomic E-state index is 11.7. The molecule has 0 unspecified atom stereocenters. The topological polar surface area (TPSA) is 29.1 Å². The van der Waals surface area contributed by atoms with Crippen molar-refractivity contribution in [2.75, 3.05) is 5.32 Å². The van der Waals surface area contributed by atoms with Crippen LogP contribution in [0.4, 0.5) is 5.69 Å². The molecule has 2 heteroatoms. The Morgan fingerprint density at radius 2 is 1.83 bits per heavy atom. The first kappa shape index (κ1) is 12.1. The van der Waals surface area contributed by atoms with Gasteiger partial charge in [-0.05, 0) is 30.7 Å². The SMILES string of the molecule is Cc1cccc(C=CC(=O)Nc2ccccc2)c1. The van der Waals surface area contributed by atoms with E-state index in [1.54, 1.807) is 6.08 Å². The van der Waals surface area contributed by atoms with E-state index in [9.17, 15) is 4.79 Å². The number of carbonyl (C=O) groups excluding carboxylic acids is 1. The Bertz CT molecular complexity index is 558. The van der Waals surface area contributed by atoms with E-state index in [0.717, 1.165) is 11.3 Å².